The summed E-state index contributed by atoms with van der Waals surface area (Å²) in [5, 5.41) is 0. The summed E-state index contributed by atoms with van der Waals surface area (Å²) < 4.78 is 194. The van der Waals surface area contributed by atoms with Crippen LogP contribution in [-0.4, -0.2) is 42.0 Å². The molecule has 0 radical (unpaired) electrons. The lowest BCUT2D eigenvalue weighted by molar-refractivity contribution is -0.467. The van der Waals surface area contributed by atoms with Gasteiger partial charge >= 0.3 is 42.0 Å². The summed E-state index contributed by atoms with van der Waals surface area (Å²) in [6, 6.07) is 0. The van der Waals surface area contributed by atoms with Crippen LogP contribution >= 0.6 is 0 Å². The van der Waals surface area contributed by atoms with Gasteiger partial charge in [-0.2, -0.15) is 65.9 Å². The Morgan fingerprint density at radius 3 is 0.696 bits per heavy atom. The quantitative estimate of drug-likeness (QED) is 0.577. The zero-order valence-electron chi connectivity index (χ0n) is 9.55. The highest BCUT2D eigenvalue weighted by atomic mass is 19.4. The number of halogens is 16. The van der Waals surface area contributed by atoms with E-state index in [-0.39, 0.29) is 0 Å². The second-order valence-electron chi connectivity index (χ2n) is 3.87. The number of hydrogen-bond acceptors (Lipinski definition) is 0. The monoisotopic (exact) mass is 388 g/mol. The molecular formula is C7F16. The molecule has 0 amide bonds. The maximum Gasteiger partial charge on any atom is 0.460 e. The summed E-state index contributed by atoms with van der Waals surface area (Å²) in [5.74, 6) is -25.1. The molecule has 0 fully saturated rings. The molecule has 1 atom stereocenters. The standard InChI is InChI=1S/C7F16/c8-1(5(15,16)17,3(11,12)6(18,19)20)2(9,10)4(13,14)7(21,22)23. The third-order valence-corrected chi connectivity index (χ3v) is 2.36. The molecule has 0 aromatic heterocycles. The number of hydrogen-bond donors (Lipinski definition) is 0. The van der Waals surface area contributed by atoms with Crippen molar-refractivity contribution in [1.29, 1.82) is 0 Å². The van der Waals surface area contributed by atoms with E-state index in [1.54, 1.807) is 0 Å². The Morgan fingerprint density at radius 2 is 0.522 bits per heavy atom. The third-order valence-electron chi connectivity index (χ3n) is 2.36. The highest BCUT2D eigenvalue weighted by Crippen LogP contribution is 2.64. The fraction of sp³-hybridized carbons (Fsp3) is 1.00. The van der Waals surface area contributed by atoms with Crippen molar-refractivity contribution in [2.45, 2.75) is 42.0 Å². The molecule has 0 heterocycles. The first-order chi connectivity index (χ1) is 9.50. The lowest BCUT2D eigenvalue weighted by Gasteiger charge is -2.43. The van der Waals surface area contributed by atoms with Crippen molar-refractivity contribution in [2.24, 2.45) is 0 Å². The van der Waals surface area contributed by atoms with Crippen LogP contribution in [0.2, 0.25) is 0 Å². The molecule has 0 N–H and O–H groups in total. The van der Waals surface area contributed by atoms with Gasteiger partial charge in [-0.25, -0.2) is 4.39 Å². The van der Waals surface area contributed by atoms with Crippen LogP contribution in [0.1, 0.15) is 0 Å². The Bertz CT molecular complexity index is 433. The molecule has 0 saturated carbocycles. The average Bonchev–Trinajstić information content (AvgIpc) is 2.22. The molecular weight excluding hydrogens is 388 g/mol. The van der Waals surface area contributed by atoms with E-state index in [1.807, 2.05) is 0 Å². The van der Waals surface area contributed by atoms with Crippen molar-refractivity contribution >= 4 is 0 Å². The topological polar surface area (TPSA) is 0 Å². The predicted molar refractivity (Wildman–Crippen MR) is 36.8 cm³/mol. The first-order valence-corrected chi connectivity index (χ1v) is 4.52. The summed E-state index contributed by atoms with van der Waals surface area (Å²) >= 11 is 0. The fourth-order valence-corrected chi connectivity index (χ4v) is 1.14. The van der Waals surface area contributed by atoms with Crippen LogP contribution in [0.25, 0.3) is 0 Å². The van der Waals surface area contributed by atoms with E-state index >= 15 is 0 Å². The normalized spacial score (nSPS) is 18.8. The smallest absolute Gasteiger partial charge is 0.219 e. The Hall–Kier alpha value is -1.12. The highest BCUT2D eigenvalue weighted by molar-refractivity contribution is 5.17. The van der Waals surface area contributed by atoms with Crippen molar-refractivity contribution in [1.82, 2.24) is 0 Å². The van der Waals surface area contributed by atoms with Gasteiger partial charge in [-0.1, -0.05) is 0 Å². The molecule has 0 rings (SSSR count). The fourth-order valence-electron chi connectivity index (χ4n) is 1.14. The van der Waals surface area contributed by atoms with Crippen molar-refractivity contribution in [3.05, 3.63) is 0 Å². The molecule has 0 saturated heterocycles. The maximum atomic E-state index is 13.1. The van der Waals surface area contributed by atoms with Crippen molar-refractivity contribution < 1.29 is 70.2 Å². The minimum absolute atomic E-state index is 7.78. The second-order valence-corrected chi connectivity index (χ2v) is 3.87. The van der Waals surface area contributed by atoms with Crippen LogP contribution in [0.4, 0.5) is 70.2 Å². The van der Waals surface area contributed by atoms with Crippen LogP contribution in [0.3, 0.4) is 0 Å². The van der Waals surface area contributed by atoms with Crippen LogP contribution in [0.5, 0.6) is 0 Å². The van der Waals surface area contributed by atoms with Gasteiger partial charge in [-0.15, -0.1) is 0 Å². The molecule has 0 aliphatic carbocycles. The van der Waals surface area contributed by atoms with Gasteiger partial charge in [0.1, 0.15) is 0 Å². The minimum atomic E-state index is -8.61. The van der Waals surface area contributed by atoms with Crippen molar-refractivity contribution in [3.8, 4) is 0 Å². The minimum Gasteiger partial charge on any atom is -0.219 e. The zero-order valence-corrected chi connectivity index (χ0v) is 9.55. The van der Waals surface area contributed by atoms with E-state index in [9.17, 15) is 70.2 Å². The molecule has 0 nitrogen and oxygen atoms in total. The molecule has 0 aliphatic heterocycles. The molecule has 0 bridgehead atoms. The molecule has 1 unspecified atom stereocenters. The van der Waals surface area contributed by atoms with E-state index in [0.29, 0.717) is 0 Å². The van der Waals surface area contributed by atoms with Gasteiger partial charge in [0.2, 0.25) is 0 Å². The first-order valence-electron chi connectivity index (χ1n) is 4.52. The lowest BCUT2D eigenvalue weighted by Crippen LogP contribution is -2.76. The Labute approximate surface area is 114 Å². The van der Waals surface area contributed by atoms with Gasteiger partial charge in [0.15, 0.2) is 0 Å². The van der Waals surface area contributed by atoms with Gasteiger partial charge in [0.25, 0.3) is 0 Å². The molecule has 140 valence electrons. The summed E-state index contributed by atoms with van der Waals surface area (Å²) in [6.07, 6.45) is -23.8. The summed E-state index contributed by atoms with van der Waals surface area (Å²) in [5.41, 5.74) is -8.61. The third kappa shape index (κ3) is 2.66. The molecule has 0 spiro atoms. The zero-order chi connectivity index (χ0) is 19.5. The van der Waals surface area contributed by atoms with E-state index in [1.165, 1.54) is 0 Å². The van der Waals surface area contributed by atoms with Gasteiger partial charge in [0.05, 0.1) is 0 Å². The van der Waals surface area contributed by atoms with Crippen LogP contribution < -0.4 is 0 Å². The first kappa shape index (κ1) is 21.9. The van der Waals surface area contributed by atoms with E-state index in [4.69, 9.17) is 0 Å². The average molecular weight is 388 g/mol. The van der Waals surface area contributed by atoms with Crippen LogP contribution in [-0.2, 0) is 0 Å². The second kappa shape index (κ2) is 4.94. The van der Waals surface area contributed by atoms with E-state index < -0.39 is 42.0 Å². The maximum absolute atomic E-state index is 13.1. The summed E-state index contributed by atoms with van der Waals surface area (Å²) in [4.78, 5) is 0. The van der Waals surface area contributed by atoms with E-state index in [0.717, 1.165) is 0 Å². The van der Waals surface area contributed by atoms with Gasteiger partial charge in [0, 0.05) is 0 Å². The number of alkyl halides is 16. The van der Waals surface area contributed by atoms with E-state index in [2.05, 4.69) is 0 Å². The highest BCUT2D eigenvalue weighted by Gasteiger charge is 2.96. The molecule has 0 aliphatic rings. The largest absolute Gasteiger partial charge is 0.460 e. The molecule has 0 aromatic carbocycles. The predicted octanol–water partition coefficient (Wildman–Crippen LogP) is 5.29. The van der Waals surface area contributed by atoms with Crippen LogP contribution in [0.15, 0.2) is 0 Å². The SMILES string of the molecule is FC(F)(F)C(F)(F)C(F)(F)C(F)(C(F)(F)F)C(F)(F)C(F)(F)F. The van der Waals surface area contributed by atoms with Gasteiger partial charge < -0.3 is 0 Å². The Balaban J connectivity index is 6.81. The lowest BCUT2D eigenvalue weighted by atomic mass is 9.84. The summed E-state index contributed by atoms with van der Waals surface area (Å²) in [7, 11) is 0. The Morgan fingerprint density at radius 1 is 0.261 bits per heavy atom. The van der Waals surface area contributed by atoms with Gasteiger partial charge in [-0.3, -0.25) is 0 Å². The Kier molecular flexibility index (Phi) is 4.70. The number of rotatable bonds is 3. The molecule has 0 aromatic rings. The molecule has 16 heteroatoms. The van der Waals surface area contributed by atoms with Crippen LogP contribution in [0, 0.1) is 0 Å². The summed E-state index contributed by atoms with van der Waals surface area (Å²) in [6.45, 7) is 0. The van der Waals surface area contributed by atoms with Crippen molar-refractivity contribution in [2.75, 3.05) is 0 Å². The van der Waals surface area contributed by atoms with Gasteiger partial charge in [-0.05, 0) is 0 Å². The van der Waals surface area contributed by atoms with Crippen molar-refractivity contribution in [3.63, 3.8) is 0 Å². The molecule has 23 heavy (non-hydrogen) atoms.